The third-order valence-corrected chi connectivity index (χ3v) is 7.75. The van der Waals surface area contributed by atoms with E-state index < -0.39 is 0 Å². The molecule has 0 N–H and O–H groups in total. The van der Waals surface area contributed by atoms with Crippen LogP contribution >= 0.6 is 35.0 Å². The molecule has 1 aliphatic rings. The Kier molecular flexibility index (Phi) is 10.1. The molecule has 210 valence electrons. The molecule has 1 heterocycles. The van der Waals surface area contributed by atoms with E-state index in [0.29, 0.717) is 38.6 Å². The maximum absolute atomic E-state index is 13.1. The van der Waals surface area contributed by atoms with Crippen LogP contribution in [0.3, 0.4) is 0 Å². The van der Waals surface area contributed by atoms with Gasteiger partial charge in [0.1, 0.15) is 19.0 Å². The molecule has 1 aliphatic heterocycles. The number of carbonyl (C=O) groups excluding carboxylic acids is 2. The maximum Gasteiger partial charge on any atom is 0.293 e. The molecule has 0 bridgehead atoms. The Labute approximate surface area is 249 Å². The van der Waals surface area contributed by atoms with Gasteiger partial charge in [0.25, 0.3) is 11.1 Å². The molecular formula is C31H31Cl2NO5S. The maximum atomic E-state index is 13.1. The zero-order valence-corrected chi connectivity index (χ0v) is 25.2. The minimum absolute atomic E-state index is 0.146. The molecule has 1 saturated heterocycles. The largest absolute Gasteiger partial charge is 0.491 e. The molecule has 6 nitrogen and oxygen atoms in total. The Morgan fingerprint density at radius 3 is 2.45 bits per heavy atom. The number of rotatable bonds is 11. The van der Waals surface area contributed by atoms with E-state index in [1.54, 1.807) is 24.3 Å². The second-order valence-corrected chi connectivity index (χ2v) is 11.3. The number of ether oxygens (including phenoxy) is 3. The first-order valence-electron chi connectivity index (χ1n) is 13.0. The van der Waals surface area contributed by atoms with Gasteiger partial charge in [0.05, 0.1) is 23.1 Å². The fourth-order valence-electron chi connectivity index (χ4n) is 4.17. The normalized spacial score (nSPS) is 14.4. The van der Waals surface area contributed by atoms with Crippen LogP contribution in [-0.2, 0) is 11.4 Å². The minimum Gasteiger partial charge on any atom is -0.491 e. The summed E-state index contributed by atoms with van der Waals surface area (Å²) in [5.41, 5.74) is 3.59. The monoisotopic (exact) mass is 599 g/mol. The van der Waals surface area contributed by atoms with Crippen LogP contribution in [0.15, 0.2) is 59.5 Å². The van der Waals surface area contributed by atoms with Crippen molar-refractivity contribution in [2.45, 2.75) is 40.2 Å². The number of aryl methyl sites for hydroxylation is 1. The van der Waals surface area contributed by atoms with E-state index in [4.69, 9.17) is 37.4 Å². The molecule has 0 aliphatic carbocycles. The summed E-state index contributed by atoms with van der Waals surface area (Å²) in [5, 5.41) is 0.563. The van der Waals surface area contributed by atoms with Crippen molar-refractivity contribution in [2.24, 2.45) is 0 Å². The zero-order valence-electron chi connectivity index (χ0n) is 22.8. The molecule has 40 heavy (non-hydrogen) atoms. The van der Waals surface area contributed by atoms with Crippen LogP contribution in [0.2, 0.25) is 10.0 Å². The van der Waals surface area contributed by atoms with Gasteiger partial charge in [-0.05, 0) is 78.6 Å². The predicted molar refractivity (Wildman–Crippen MR) is 162 cm³/mol. The van der Waals surface area contributed by atoms with Gasteiger partial charge < -0.3 is 14.2 Å². The third kappa shape index (κ3) is 7.14. The van der Waals surface area contributed by atoms with E-state index in [9.17, 15) is 9.59 Å². The number of amides is 2. The highest BCUT2D eigenvalue weighted by Crippen LogP contribution is 2.40. The SMILES string of the molecule is CCOc1cc(/C=C2\SC(=O)N(CCOc3cc(C)ccc3C(C)C)C2=O)cc(Cl)c1OCc1ccccc1Cl. The number of imide groups is 1. The molecule has 0 aromatic heterocycles. The van der Waals surface area contributed by atoms with Gasteiger partial charge in [0, 0.05) is 10.6 Å². The second kappa shape index (κ2) is 13.5. The van der Waals surface area contributed by atoms with Crippen molar-refractivity contribution in [2.75, 3.05) is 19.8 Å². The molecule has 4 rings (SSSR count). The van der Waals surface area contributed by atoms with E-state index >= 15 is 0 Å². The first-order chi connectivity index (χ1) is 19.2. The molecule has 9 heteroatoms. The van der Waals surface area contributed by atoms with Crippen molar-refractivity contribution in [3.05, 3.63) is 91.8 Å². The average Bonchev–Trinajstić information content (AvgIpc) is 3.16. The van der Waals surface area contributed by atoms with Crippen molar-refractivity contribution in [3.8, 4) is 17.2 Å². The summed E-state index contributed by atoms with van der Waals surface area (Å²) < 4.78 is 17.7. The molecule has 1 fully saturated rings. The highest BCUT2D eigenvalue weighted by Gasteiger charge is 2.35. The third-order valence-electron chi connectivity index (χ3n) is 6.20. The van der Waals surface area contributed by atoms with Gasteiger partial charge in [0.2, 0.25) is 0 Å². The van der Waals surface area contributed by atoms with E-state index in [1.807, 2.05) is 50.2 Å². The Morgan fingerprint density at radius 2 is 1.73 bits per heavy atom. The first-order valence-corrected chi connectivity index (χ1v) is 14.6. The van der Waals surface area contributed by atoms with Crippen LogP contribution in [0.25, 0.3) is 6.08 Å². The van der Waals surface area contributed by atoms with Gasteiger partial charge >= 0.3 is 0 Å². The molecule has 0 unspecified atom stereocenters. The van der Waals surface area contributed by atoms with E-state index in [-0.39, 0.29) is 36.8 Å². The van der Waals surface area contributed by atoms with Gasteiger partial charge in [-0.2, -0.15) is 0 Å². The van der Waals surface area contributed by atoms with Crippen molar-refractivity contribution >= 4 is 52.2 Å². The number of nitrogens with zero attached hydrogens (tertiary/aromatic N) is 1. The minimum atomic E-state index is -0.375. The lowest BCUT2D eigenvalue weighted by atomic mass is 10.0. The number of hydrogen-bond acceptors (Lipinski definition) is 6. The van der Waals surface area contributed by atoms with Gasteiger partial charge in [-0.25, -0.2) is 0 Å². The standard InChI is InChI=1S/C31H31Cl2NO5S/c1-5-37-27-16-21(15-25(33)29(27)39-18-22-8-6-7-9-24(22)32)17-28-30(35)34(31(36)40-28)12-13-38-26-14-20(4)10-11-23(26)19(2)3/h6-11,14-17,19H,5,12-13,18H2,1-4H3/b28-17-. The van der Waals surface area contributed by atoms with Crippen molar-refractivity contribution in [1.82, 2.24) is 4.90 Å². The fraction of sp³-hybridized carbons (Fsp3) is 0.290. The van der Waals surface area contributed by atoms with Crippen LogP contribution in [-0.4, -0.2) is 35.8 Å². The molecule has 0 spiro atoms. The molecule has 0 saturated carbocycles. The topological polar surface area (TPSA) is 65.1 Å². The molecular weight excluding hydrogens is 569 g/mol. The van der Waals surface area contributed by atoms with Crippen molar-refractivity contribution in [1.29, 1.82) is 0 Å². The second-order valence-electron chi connectivity index (χ2n) is 9.52. The van der Waals surface area contributed by atoms with Crippen LogP contribution in [0, 0.1) is 6.92 Å². The number of hydrogen-bond donors (Lipinski definition) is 0. The van der Waals surface area contributed by atoms with Crippen molar-refractivity contribution in [3.63, 3.8) is 0 Å². The summed E-state index contributed by atoms with van der Waals surface area (Å²) in [6, 6.07) is 16.9. The highest BCUT2D eigenvalue weighted by molar-refractivity contribution is 8.18. The summed E-state index contributed by atoms with van der Waals surface area (Å²) in [6.45, 7) is 8.99. The van der Waals surface area contributed by atoms with Crippen molar-refractivity contribution < 1.29 is 23.8 Å². The van der Waals surface area contributed by atoms with Crippen LogP contribution in [0.5, 0.6) is 17.2 Å². The fourth-order valence-corrected chi connectivity index (χ4v) is 5.50. The number of benzene rings is 3. The lowest BCUT2D eigenvalue weighted by molar-refractivity contribution is -0.123. The van der Waals surface area contributed by atoms with Gasteiger partial charge in [0.15, 0.2) is 11.5 Å². The van der Waals surface area contributed by atoms with Crippen LogP contribution in [0.4, 0.5) is 4.79 Å². The Balaban J connectivity index is 1.47. The first kappa shape index (κ1) is 29.8. The van der Waals surface area contributed by atoms with E-state index in [1.165, 1.54) is 4.90 Å². The van der Waals surface area contributed by atoms with Gasteiger partial charge in [-0.1, -0.05) is 67.4 Å². The van der Waals surface area contributed by atoms with Crippen LogP contribution in [0.1, 0.15) is 48.9 Å². The predicted octanol–water partition coefficient (Wildman–Crippen LogP) is 8.52. The quantitative estimate of drug-likeness (QED) is 0.206. The molecule has 3 aromatic rings. The number of thioether (sulfide) groups is 1. The summed E-state index contributed by atoms with van der Waals surface area (Å²) in [7, 11) is 0. The Bertz CT molecular complexity index is 1440. The van der Waals surface area contributed by atoms with E-state index in [2.05, 4.69) is 13.8 Å². The number of carbonyl (C=O) groups is 2. The zero-order chi connectivity index (χ0) is 28.8. The molecule has 2 amide bonds. The summed E-state index contributed by atoms with van der Waals surface area (Å²) in [6.07, 6.45) is 1.63. The summed E-state index contributed by atoms with van der Waals surface area (Å²) >= 11 is 13.7. The highest BCUT2D eigenvalue weighted by atomic mass is 35.5. The molecule has 0 atom stereocenters. The Hall–Kier alpha value is -3.13. The average molecular weight is 601 g/mol. The lowest BCUT2D eigenvalue weighted by Gasteiger charge is -2.17. The number of halogens is 2. The molecule has 3 aromatic carbocycles. The van der Waals surface area contributed by atoms with Crippen LogP contribution < -0.4 is 14.2 Å². The summed E-state index contributed by atoms with van der Waals surface area (Å²) in [4.78, 5) is 27.3. The van der Waals surface area contributed by atoms with Gasteiger partial charge in [-0.15, -0.1) is 0 Å². The lowest BCUT2D eigenvalue weighted by Crippen LogP contribution is -2.32. The molecule has 0 radical (unpaired) electrons. The van der Waals surface area contributed by atoms with E-state index in [0.717, 1.165) is 34.2 Å². The van der Waals surface area contributed by atoms with Gasteiger partial charge in [-0.3, -0.25) is 14.5 Å². The smallest absolute Gasteiger partial charge is 0.293 e. The Morgan fingerprint density at radius 1 is 0.950 bits per heavy atom. The summed E-state index contributed by atoms with van der Waals surface area (Å²) in [5.74, 6) is 1.49.